The van der Waals surface area contributed by atoms with Gasteiger partial charge in [0.1, 0.15) is 0 Å². The van der Waals surface area contributed by atoms with Gasteiger partial charge >= 0.3 is 0 Å². The van der Waals surface area contributed by atoms with E-state index in [4.69, 9.17) is 10.3 Å². The van der Waals surface area contributed by atoms with Gasteiger partial charge in [-0.05, 0) is 48.4 Å². The zero-order chi connectivity index (χ0) is 20.2. The van der Waals surface area contributed by atoms with Crippen LogP contribution in [0.2, 0.25) is 0 Å². The van der Waals surface area contributed by atoms with Crippen LogP contribution in [-0.2, 0) is 0 Å². The minimum Gasteiger partial charge on any atom is -0.396 e. The van der Waals surface area contributed by atoms with E-state index in [1.807, 2.05) is 24.3 Å². The summed E-state index contributed by atoms with van der Waals surface area (Å²) in [5.74, 6) is 11.7. The van der Waals surface area contributed by atoms with E-state index < -0.39 is 5.91 Å². The van der Waals surface area contributed by atoms with Crippen molar-refractivity contribution in [2.24, 2.45) is 11.8 Å². The lowest BCUT2D eigenvalue weighted by Crippen LogP contribution is -2.19. The summed E-state index contributed by atoms with van der Waals surface area (Å²) in [6.45, 7) is 0.190. The van der Waals surface area contributed by atoms with E-state index in [2.05, 4.69) is 33.6 Å². The van der Waals surface area contributed by atoms with Crippen molar-refractivity contribution in [3.63, 3.8) is 0 Å². The van der Waals surface area contributed by atoms with Gasteiger partial charge in [0.05, 0.1) is 16.8 Å². The average Bonchev–Trinajstić information content (AvgIpc) is 3.54. The molecule has 0 aliphatic heterocycles. The number of pyridine rings is 2. The lowest BCUT2D eigenvalue weighted by atomic mass is 10.0. The number of nitrogens with one attached hydrogen (secondary N) is 1. The van der Waals surface area contributed by atoms with Crippen LogP contribution in [0, 0.1) is 35.5 Å². The maximum atomic E-state index is 12.0. The molecular formula is C23H17N3O3. The zero-order valence-corrected chi connectivity index (χ0v) is 15.4. The Balaban J connectivity index is 1.59. The molecule has 1 amide bonds. The molecule has 142 valence electrons. The van der Waals surface area contributed by atoms with Gasteiger partial charge in [0, 0.05) is 41.4 Å². The highest BCUT2D eigenvalue weighted by molar-refractivity contribution is 6.06. The molecule has 2 heterocycles. The smallest absolute Gasteiger partial charge is 0.275 e. The summed E-state index contributed by atoms with van der Waals surface area (Å²) in [5.41, 5.74) is 4.80. The van der Waals surface area contributed by atoms with Crippen LogP contribution in [0.5, 0.6) is 0 Å². The first-order chi connectivity index (χ1) is 14.2. The summed E-state index contributed by atoms with van der Waals surface area (Å²) < 4.78 is 0. The van der Waals surface area contributed by atoms with Gasteiger partial charge < -0.3 is 5.11 Å². The molecule has 4 rings (SSSR count). The predicted molar refractivity (Wildman–Crippen MR) is 108 cm³/mol. The first-order valence-electron chi connectivity index (χ1n) is 9.11. The highest BCUT2D eigenvalue weighted by atomic mass is 16.5. The standard InChI is InChI=1S/C23H17N3O3/c27-14-18-11-17(18)4-2-1-3-15-5-7-16(8-6-15)22-12-19(23(28)26-29)20-13-24-10-9-21(20)25-22/h5-10,12-13,17-18,27,29H,11,14H2,(H,26,28). The molecule has 6 nitrogen and oxygen atoms in total. The first kappa shape index (κ1) is 18.6. The number of hydrogen-bond acceptors (Lipinski definition) is 5. The van der Waals surface area contributed by atoms with Gasteiger partial charge in [-0.3, -0.25) is 15.0 Å². The molecule has 2 atom stereocenters. The van der Waals surface area contributed by atoms with Crippen molar-refractivity contribution in [3.8, 4) is 34.9 Å². The van der Waals surface area contributed by atoms with Crippen LogP contribution in [0.15, 0.2) is 48.8 Å². The third kappa shape index (κ3) is 4.09. The fourth-order valence-corrected chi connectivity index (χ4v) is 3.05. The van der Waals surface area contributed by atoms with Gasteiger partial charge in [0.25, 0.3) is 5.91 Å². The van der Waals surface area contributed by atoms with E-state index in [0.29, 0.717) is 28.1 Å². The van der Waals surface area contributed by atoms with Crippen LogP contribution >= 0.6 is 0 Å². The Bertz CT molecular complexity index is 1200. The number of hydroxylamine groups is 1. The largest absolute Gasteiger partial charge is 0.396 e. The Labute approximate surface area is 167 Å². The lowest BCUT2D eigenvalue weighted by molar-refractivity contribution is 0.0708. The van der Waals surface area contributed by atoms with Crippen LogP contribution in [0.4, 0.5) is 0 Å². The molecule has 1 aliphatic carbocycles. The van der Waals surface area contributed by atoms with E-state index in [9.17, 15) is 4.79 Å². The van der Waals surface area contributed by atoms with Crippen molar-refractivity contribution < 1.29 is 15.1 Å². The molecule has 1 aliphatic rings. The topological polar surface area (TPSA) is 95.3 Å². The monoisotopic (exact) mass is 383 g/mol. The average molecular weight is 383 g/mol. The molecular weight excluding hydrogens is 366 g/mol. The van der Waals surface area contributed by atoms with Crippen molar-refractivity contribution in [1.29, 1.82) is 0 Å². The van der Waals surface area contributed by atoms with Crippen molar-refractivity contribution in [3.05, 3.63) is 59.9 Å². The maximum absolute atomic E-state index is 12.0. The molecule has 29 heavy (non-hydrogen) atoms. The van der Waals surface area contributed by atoms with Crippen LogP contribution in [-0.4, -0.2) is 32.8 Å². The molecule has 2 aromatic heterocycles. The maximum Gasteiger partial charge on any atom is 0.275 e. The second-order valence-corrected chi connectivity index (χ2v) is 6.77. The Kier molecular flexibility index (Phi) is 5.22. The zero-order valence-electron chi connectivity index (χ0n) is 15.4. The van der Waals surface area contributed by atoms with Crippen molar-refractivity contribution in [1.82, 2.24) is 15.4 Å². The van der Waals surface area contributed by atoms with E-state index in [0.717, 1.165) is 17.5 Å². The van der Waals surface area contributed by atoms with E-state index >= 15 is 0 Å². The van der Waals surface area contributed by atoms with Gasteiger partial charge in [0.15, 0.2) is 0 Å². The Morgan fingerprint density at radius 1 is 1.21 bits per heavy atom. The van der Waals surface area contributed by atoms with Crippen LogP contribution in [0.1, 0.15) is 22.3 Å². The second kappa shape index (κ2) is 8.12. The summed E-state index contributed by atoms with van der Waals surface area (Å²) in [4.78, 5) is 20.7. The molecule has 1 aromatic carbocycles. The highest BCUT2D eigenvalue weighted by Crippen LogP contribution is 2.36. The van der Waals surface area contributed by atoms with Crippen LogP contribution < -0.4 is 5.48 Å². The summed E-state index contributed by atoms with van der Waals surface area (Å²) >= 11 is 0. The fraction of sp³-hybridized carbons (Fsp3) is 0.174. The molecule has 6 heteroatoms. The number of rotatable bonds is 3. The van der Waals surface area contributed by atoms with Gasteiger partial charge in [-0.25, -0.2) is 10.5 Å². The van der Waals surface area contributed by atoms with Gasteiger partial charge in [-0.15, -0.1) is 0 Å². The number of carbonyl (C=O) groups is 1. The minimum atomic E-state index is -0.619. The number of carbonyl (C=O) groups excluding carboxylic acids is 1. The van der Waals surface area contributed by atoms with Gasteiger partial charge in [-0.1, -0.05) is 24.0 Å². The second-order valence-electron chi connectivity index (χ2n) is 6.77. The number of benzene rings is 1. The van der Waals surface area contributed by atoms with Crippen molar-refractivity contribution >= 4 is 16.8 Å². The molecule has 0 saturated heterocycles. The Morgan fingerprint density at radius 3 is 2.76 bits per heavy atom. The fourth-order valence-electron chi connectivity index (χ4n) is 3.05. The Hall–Kier alpha value is -3.71. The number of aliphatic hydroxyl groups excluding tert-OH is 1. The SMILES string of the molecule is O=C(NO)c1cc(-c2ccc(C#CC#CC3CC3CO)cc2)nc2ccncc12. The first-order valence-corrected chi connectivity index (χ1v) is 9.11. The summed E-state index contributed by atoms with van der Waals surface area (Å²) in [5, 5.41) is 18.6. The normalized spacial score (nSPS) is 16.9. The number of fused-ring (bicyclic) bond motifs is 1. The van der Waals surface area contributed by atoms with Gasteiger partial charge in [-0.2, -0.15) is 0 Å². The molecule has 2 unspecified atom stereocenters. The molecule has 0 spiro atoms. The summed E-state index contributed by atoms with van der Waals surface area (Å²) in [7, 11) is 0. The van der Waals surface area contributed by atoms with E-state index in [-0.39, 0.29) is 12.5 Å². The number of amides is 1. The molecule has 0 bridgehead atoms. The predicted octanol–water partition coefficient (Wildman–Crippen LogP) is 2.40. The van der Waals surface area contributed by atoms with E-state index in [1.165, 1.54) is 0 Å². The number of hydrogen-bond donors (Lipinski definition) is 3. The quantitative estimate of drug-likeness (QED) is 0.367. The summed E-state index contributed by atoms with van der Waals surface area (Å²) in [6.07, 6.45) is 4.09. The van der Waals surface area contributed by atoms with Crippen LogP contribution in [0.25, 0.3) is 22.2 Å². The lowest BCUT2D eigenvalue weighted by Gasteiger charge is -2.08. The van der Waals surface area contributed by atoms with Crippen molar-refractivity contribution in [2.45, 2.75) is 6.42 Å². The Morgan fingerprint density at radius 2 is 2.03 bits per heavy atom. The molecule has 1 saturated carbocycles. The third-order valence-electron chi connectivity index (χ3n) is 4.82. The number of nitrogens with zero attached hydrogens (tertiary/aromatic N) is 2. The minimum absolute atomic E-state index is 0.190. The summed E-state index contributed by atoms with van der Waals surface area (Å²) in [6, 6.07) is 10.8. The molecule has 3 N–H and O–H groups in total. The van der Waals surface area contributed by atoms with Gasteiger partial charge in [0.2, 0.25) is 0 Å². The molecule has 3 aromatic rings. The molecule has 0 radical (unpaired) electrons. The third-order valence-corrected chi connectivity index (χ3v) is 4.82. The number of aliphatic hydroxyl groups is 1. The molecule has 1 fully saturated rings. The highest BCUT2D eigenvalue weighted by Gasteiger charge is 2.34. The van der Waals surface area contributed by atoms with Crippen molar-refractivity contribution in [2.75, 3.05) is 6.61 Å². The van der Waals surface area contributed by atoms with Crippen LogP contribution in [0.3, 0.4) is 0 Å². The number of aromatic nitrogens is 2. The van der Waals surface area contributed by atoms with E-state index in [1.54, 1.807) is 30.0 Å².